The normalized spacial score (nSPS) is 23.5. The molecular weight excluding hydrogens is 392 g/mol. The molecule has 0 aromatic heterocycles. The number of aryl methyl sites for hydroxylation is 2. The molecule has 0 radical (unpaired) electrons. The quantitative estimate of drug-likeness (QED) is 0.343. The first-order valence-electron chi connectivity index (χ1n) is 11.5. The first-order valence-corrected chi connectivity index (χ1v) is 11.5. The van der Waals surface area contributed by atoms with Gasteiger partial charge in [0.25, 0.3) is 0 Å². The number of benzene rings is 4. The average molecular weight is 421 g/mol. The summed E-state index contributed by atoms with van der Waals surface area (Å²) in [5.74, 6) is 2.05. The molecule has 0 spiro atoms. The maximum atomic E-state index is 6.79. The maximum absolute atomic E-state index is 6.79. The van der Waals surface area contributed by atoms with Crippen molar-refractivity contribution in [2.45, 2.75) is 51.7 Å². The molecule has 4 aromatic rings. The second-order valence-corrected chi connectivity index (χ2v) is 9.91. The fourth-order valence-corrected chi connectivity index (χ4v) is 5.42. The van der Waals surface area contributed by atoms with Gasteiger partial charge in [-0.2, -0.15) is 0 Å². The van der Waals surface area contributed by atoms with E-state index >= 15 is 0 Å². The summed E-state index contributed by atoms with van der Waals surface area (Å²) in [5.41, 5.74) is 6.82. The molecule has 2 heterocycles. The van der Waals surface area contributed by atoms with Gasteiger partial charge in [0.05, 0.1) is 0 Å². The third-order valence-corrected chi connectivity index (χ3v) is 7.34. The molecule has 0 saturated heterocycles. The van der Waals surface area contributed by atoms with Gasteiger partial charge in [0.2, 0.25) is 0 Å². The monoisotopic (exact) mass is 420 g/mol. The third kappa shape index (κ3) is 2.79. The summed E-state index contributed by atoms with van der Waals surface area (Å²) in [5, 5.41) is 2.29. The first-order chi connectivity index (χ1) is 15.4. The SMILES string of the molecule is Cc1ccc([C@@]2(C)Cc3c4c(c5ccccc5c3O2)O[C@](C)(c2ccc(C)cc2)C4)cc1. The van der Waals surface area contributed by atoms with E-state index in [0.717, 1.165) is 35.1 Å². The molecule has 160 valence electrons. The van der Waals surface area contributed by atoms with Gasteiger partial charge in [-0.05, 0) is 38.8 Å². The molecule has 0 amide bonds. The van der Waals surface area contributed by atoms with Crippen LogP contribution in [0.5, 0.6) is 11.5 Å². The molecular formula is C30H28O2. The van der Waals surface area contributed by atoms with Gasteiger partial charge in [0.15, 0.2) is 0 Å². The average Bonchev–Trinajstić information content (AvgIpc) is 3.34. The van der Waals surface area contributed by atoms with E-state index in [-0.39, 0.29) is 11.2 Å². The van der Waals surface area contributed by atoms with Crippen molar-refractivity contribution >= 4 is 10.8 Å². The second kappa shape index (κ2) is 6.62. The molecule has 2 aliphatic rings. The minimum atomic E-state index is -0.378. The highest BCUT2D eigenvalue weighted by molar-refractivity contribution is 5.97. The van der Waals surface area contributed by atoms with E-state index in [4.69, 9.17) is 9.47 Å². The van der Waals surface area contributed by atoms with Crippen molar-refractivity contribution in [1.29, 1.82) is 0 Å². The Kier molecular flexibility index (Phi) is 4.02. The summed E-state index contributed by atoms with van der Waals surface area (Å²) >= 11 is 0. The van der Waals surface area contributed by atoms with E-state index in [0.29, 0.717) is 0 Å². The molecule has 0 saturated carbocycles. The van der Waals surface area contributed by atoms with E-state index in [1.165, 1.54) is 33.4 Å². The molecule has 0 bridgehead atoms. The summed E-state index contributed by atoms with van der Waals surface area (Å²) in [4.78, 5) is 0. The molecule has 2 aliphatic heterocycles. The van der Waals surface area contributed by atoms with Gasteiger partial charge in [-0.3, -0.25) is 0 Å². The Balaban J connectivity index is 1.51. The van der Waals surface area contributed by atoms with Crippen LogP contribution in [0.25, 0.3) is 10.8 Å². The molecule has 32 heavy (non-hydrogen) atoms. The molecule has 4 aromatic carbocycles. The molecule has 2 nitrogen and oxygen atoms in total. The summed E-state index contributed by atoms with van der Waals surface area (Å²) < 4.78 is 13.6. The highest BCUT2D eigenvalue weighted by atomic mass is 16.5. The Morgan fingerprint density at radius 2 is 0.938 bits per heavy atom. The number of fused-ring (bicyclic) bond motifs is 6. The van der Waals surface area contributed by atoms with E-state index in [1.807, 2.05) is 0 Å². The minimum Gasteiger partial charge on any atom is -0.482 e. The molecule has 6 rings (SSSR count). The van der Waals surface area contributed by atoms with E-state index < -0.39 is 0 Å². The Hall–Kier alpha value is -3.26. The van der Waals surface area contributed by atoms with Gasteiger partial charge in [0, 0.05) is 34.7 Å². The van der Waals surface area contributed by atoms with Crippen LogP contribution >= 0.6 is 0 Å². The lowest BCUT2D eigenvalue weighted by Crippen LogP contribution is -2.28. The van der Waals surface area contributed by atoms with Gasteiger partial charge in [-0.15, -0.1) is 0 Å². The Morgan fingerprint density at radius 3 is 1.31 bits per heavy atom. The van der Waals surface area contributed by atoms with Gasteiger partial charge in [-0.25, -0.2) is 0 Å². The third-order valence-electron chi connectivity index (χ3n) is 7.34. The summed E-state index contributed by atoms with van der Waals surface area (Å²) in [7, 11) is 0. The smallest absolute Gasteiger partial charge is 0.135 e. The number of ether oxygens (including phenoxy) is 2. The zero-order valence-electron chi connectivity index (χ0n) is 19.2. The fourth-order valence-electron chi connectivity index (χ4n) is 5.42. The first kappa shape index (κ1) is 19.4. The molecule has 0 aliphatic carbocycles. The van der Waals surface area contributed by atoms with E-state index in [9.17, 15) is 0 Å². The summed E-state index contributed by atoms with van der Waals surface area (Å²) in [6, 6.07) is 26.0. The number of hydrogen-bond acceptors (Lipinski definition) is 2. The largest absolute Gasteiger partial charge is 0.482 e. The molecule has 0 unspecified atom stereocenters. The van der Waals surface area contributed by atoms with Gasteiger partial charge in [0.1, 0.15) is 22.7 Å². The molecule has 2 atom stereocenters. The van der Waals surface area contributed by atoms with Crippen molar-refractivity contribution in [2.75, 3.05) is 0 Å². The topological polar surface area (TPSA) is 18.5 Å². The van der Waals surface area contributed by atoms with Gasteiger partial charge in [-0.1, -0.05) is 83.9 Å². The van der Waals surface area contributed by atoms with Gasteiger partial charge < -0.3 is 9.47 Å². The highest BCUT2D eigenvalue weighted by Gasteiger charge is 2.45. The van der Waals surface area contributed by atoms with Crippen LogP contribution in [0.3, 0.4) is 0 Å². The predicted octanol–water partition coefficient (Wildman–Crippen LogP) is 7.16. The van der Waals surface area contributed by atoms with Crippen molar-refractivity contribution in [3.8, 4) is 11.5 Å². The van der Waals surface area contributed by atoms with Crippen LogP contribution in [-0.2, 0) is 24.0 Å². The molecule has 2 heteroatoms. The molecule has 0 N–H and O–H groups in total. The number of rotatable bonds is 2. The van der Waals surface area contributed by atoms with Crippen LogP contribution in [0.4, 0.5) is 0 Å². The van der Waals surface area contributed by atoms with Crippen LogP contribution in [0.1, 0.15) is 47.2 Å². The molecule has 0 fully saturated rings. The zero-order valence-corrected chi connectivity index (χ0v) is 19.2. The van der Waals surface area contributed by atoms with Crippen molar-refractivity contribution in [1.82, 2.24) is 0 Å². The van der Waals surface area contributed by atoms with Crippen molar-refractivity contribution in [3.63, 3.8) is 0 Å². The van der Waals surface area contributed by atoms with E-state index in [2.05, 4.69) is 100 Å². The van der Waals surface area contributed by atoms with Crippen LogP contribution in [-0.4, -0.2) is 0 Å². The Morgan fingerprint density at radius 1 is 0.562 bits per heavy atom. The van der Waals surface area contributed by atoms with Crippen LogP contribution in [0.2, 0.25) is 0 Å². The lowest BCUT2D eigenvalue weighted by atomic mass is 9.84. The number of hydrogen-bond donors (Lipinski definition) is 0. The van der Waals surface area contributed by atoms with Crippen LogP contribution in [0, 0.1) is 13.8 Å². The summed E-state index contributed by atoms with van der Waals surface area (Å²) in [6.45, 7) is 8.68. The Labute approximate surface area is 189 Å². The second-order valence-electron chi connectivity index (χ2n) is 9.91. The fraction of sp³-hybridized carbons (Fsp3) is 0.267. The zero-order chi connectivity index (χ0) is 22.1. The highest BCUT2D eigenvalue weighted by Crippen LogP contribution is 2.55. The van der Waals surface area contributed by atoms with E-state index in [1.54, 1.807) is 0 Å². The van der Waals surface area contributed by atoms with Crippen LogP contribution in [0.15, 0.2) is 72.8 Å². The van der Waals surface area contributed by atoms with Gasteiger partial charge >= 0.3 is 0 Å². The van der Waals surface area contributed by atoms with Crippen LogP contribution < -0.4 is 9.47 Å². The lowest BCUT2D eigenvalue weighted by molar-refractivity contribution is 0.115. The van der Waals surface area contributed by atoms with Crippen molar-refractivity contribution < 1.29 is 9.47 Å². The standard InChI is InChI=1S/C30H28O2/c1-19-9-13-21(14-10-19)29(3)17-25-26-18-30(4,22-15-11-20(2)12-16-22)32-28(26)24-8-6-5-7-23(24)27(25)31-29/h5-16H,17-18H2,1-4H3/t29-,30+. The maximum Gasteiger partial charge on any atom is 0.135 e. The minimum absolute atomic E-state index is 0.378. The predicted molar refractivity (Wildman–Crippen MR) is 130 cm³/mol. The van der Waals surface area contributed by atoms with Crippen molar-refractivity contribution in [3.05, 3.63) is 106 Å². The Bertz CT molecular complexity index is 1240. The summed E-state index contributed by atoms with van der Waals surface area (Å²) in [6.07, 6.45) is 1.71. The van der Waals surface area contributed by atoms with Crippen molar-refractivity contribution in [2.24, 2.45) is 0 Å². The lowest BCUT2D eigenvalue weighted by Gasteiger charge is -2.26.